The van der Waals surface area contributed by atoms with E-state index in [1.807, 2.05) is 0 Å². The fourth-order valence-corrected chi connectivity index (χ4v) is 1.39. The van der Waals surface area contributed by atoms with E-state index in [9.17, 15) is 18.0 Å². The van der Waals surface area contributed by atoms with Gasteiger partial charge in [0.05, 0.1) is 5.56 Å². The largest absolute Gasteiger partial charge is 0.281 e. The Morgan fingerprint density at radius 3 is 2.57 bits per heavy atom. The molecule has 0 atom stereocenters. The van der Waals surface area contributed by atoms with Gasteiger partial charge in [-0.05, 0) is 33.6 Å². The normalized spacial score (nSPS) is 10.7. The molecule has 0 aliphatic heterocycles. The smallest absolute Gasteiger partial charge is 0.275 e. The number of hydrogen-bond donors (Lipinski definition) is 0. The van der Waals surface area contributed by atoms with E-state index >= 15 is 0 Å². The van der Waals surface area contributed by atoms with Crippen LogP contribution < -0.4 is 0 Å². The lowest BCUT2D eigenvalue weighted by Gasteiger charge is -2.04. The van der Waals surface area contributed by atoms with Crippen molar-refractivity contribution in [3.05, 3.63) is 27.7 Å². The minimum Gasteiger partial charge on any atom is -0.275 e. The van der Waals surface area contributed by atoms with E-state index in [1.165, 1.54) is 0 Å². The van der Waals surface area contributed by atoms with Crippen LogP contribution in [-0.4, -0.2) is 10.2 Å². The average molecular weight is 288 g/mol. The lowest BCUT2D eigenvalue weighted by atomic mass is 10.2. The fourth-order valence-electron chi connectivity index (χ4n) is 0.770. The van der Waals surface area contributed by atoms with Crippen molar-refractivity contribution >= 4 is 32.8 Å². The van der Waals surface area contributed by atoms with Crippen molar-refractivity contribution in [3.8, 4) is 0 Å². The van der Waals surface area contributed by atoms with Gasteiger partial charge in [0.2, 0.25) is 5.95 Å². The number of aromatic nitrogens is 1. The van der Waals surface area contributed by atoms with Gasteiger partial charge in [0.25, 0.3) is 11.7 Å². The van der Waals surface area contributed by atoms with Crippen LogP contribution in [-0.2, 0) is 0 Å². The van der Waals surface area contributed by atoms with Gasteiger partial charge in [-0.25, -0.2) is 13.8 Å². The number of carbonyl (C=O) groups excluding carboxylic acids is 1. The molecule has 0 spiro atoms. The van der Waals surface area contributed by atoms with Crippen LogP contribution >= 0.6 is 27.5 Å². The molecule has 7 heteroatoms. The molecular weight excluding hydrogens is 286 g/mol. The van der Waals surface area contributed by atoms with Crippen LogP contribution in [0.4, 0.5) is 13.2 Å². The van der Waals surface area contributed by atoms with Gasteiger partial charge in [-0.15, -0.1) is 0 Å². The van der Waals surface area contributed by atoms with Crippen LogP contribution in [0.2, 0.25) is 0 Å². The quantitative estimate of drug-likeness (QED) is 0.617. The van der Waals surface area contributed by atoms with E-state index in [2.05, 4.69) is 20.9 Å². The zero-order chi connectivity index (χ0) is 10.9. The molecular formula is C7H2BrClF3NO. The number of pyridine rings is 1. The maximum Gasteiger partial charge on any atom is 0.281 e. The third-order valence-corrected chi connectivity index (χ3v) is 2.21. The second-order valence-electron chi connectivity index (χ2n) is 2.27. The second-order valence-corrected chi connectivity index (χ2v) is 3.47. The Bertz CT molecular complexity index is 385. The maximum absolute atomic E-state index is 12.9. The first kappa shape index (κ1) is 11.5. The van der Waals surface area contributed by atoms with E-state index < -0.39 is 28.9 Å². The van der Waals surface area contributed by atoms with Crippen LogP contribution in [0.1, 0.15) is 22.5 Å². The van der Waals surface area contributed by atoms with Gasteiger partial charge in [-0.1, -0.05) is 0 Å². The highest BCUT2D eigenvalue weighted by Crippen LogP contribution is 2.27. The van der Waals surface area contributed by atoms with Crippen molar-refractivity contribution in [1.82, 2.24) is 4.98 Å². The molecule has 76 valence electrons. The van der Waals surface area contributed by atoms with Gasteiger partial charge >= 0.3 is 0 Å². The summed E-state index contributed by atoms with van der Waals surface area (Å²) in [5.74, 6) is -1.30. The van der Waals surface area contributed by atoms with Gasteiger partial charge in [-0.2, -0.15) is 4.39 Å². The summed E-state index contributed by atoms with van der Waals surface area (Å²) in [7, 11) is 0. The van der Waals surface area contributed by atoms with Gasteiger partial charge in [0.15, 0.2) is 0 Å². The Morgan fingerprint density at radius 2 is 2.14 bits per heavy atom. The Morgan fingerprint density at radius 1 is 1.57 bits per heavy atom. The molecule has 1 aromatic rings. The van der Waals surface area contributed by atoms with Gasteiger partial charge in [0, 0.05) is 4.47 Å². The molecule has 0 N–H and O–H groups in total. The Balaban J connectivity index is 3.31. The molecule has 14 heavy (non-hydrogen) atoms. The third-order valence-electron chi connectivity index (χ3n) is 1.38. The molecule has 0 aromatic carbocycles. The van der Waals surface area contributed by atoms with Crippen LogP contribution in [0.5, 0.6) is 0 Å². The zero-order valence-electron chi connectivity index (χ0n) is 6.40. The number of alkyl halides is 2. The average Bonchev–Trinajstić information content (AvgIpc) is 2.07. The van der Waals surface area contributed by atoms with Crippen molar-refractivity contribution in [3.63, 3.8) is 0 Å². The van der Waals surface area contributed by atoms with E-state index in [1.54, 1.807) is 0 Å². The third kappa shape index (κ3) is 2.24. The molecule has 2 nitrogen and oxygen atoms in total. The van der Waals surface area contributed by atoms with Gasteiger partial charge < -0.3 is 0 Å². The number of carbonyl (C=O) groups is 1. The molecule has 0 aliphatic rings. The molecule has 0 fully saturated rings. The molecule has 0 saturated heterocycles. The number of rotatable bonds is 2. The summed E-state index contributed by atoms with van der Waals surface area (Å²) < 4.78 is 37.0. The van der Waals surface area contributed by atoms with Crippen molar-refractivity contribution in [2.45, 2.75) is 6.43 Å². The summed E-state index contributed by atoms with van der Waals surface area (Å²) in [6.45, 7) is 0. The summed E-state index contributed by atoms with van der Waals surface area (Å²) in [5, 5.41) is -1.09. The van der Waals surface area contributed by atoms with Gasteiger partial charge in [0.1, 0.15) is 5.69 Å². The predicted molar refractivity (Wildman–Crippen MR) is 47.0 cm³/mol. The van der Waals surface area contributed by atoms with Crippen molar-refractivity contribution in [2.75, 3.05) is 0 Å². The molecule has 0 bridgehead atoms. The summed E-state index contributed by atoms with van der Waals surface area (Å²) in [5.41, 5.74) is -1.30. The first-order chi connectivity index (χ1) is 6.43. The maximum atomic E-state index is 12.9. The van der Waals surface area contributed by atoms with E-state index in [0.29, 0.717) is 0 Å². The molecule has 0 saturated carbocycles. The van der Waals surface area contributed by atoms with Gasteiger partial charge in [-0.3, -0.25) is 4.79 Å². The fraction of sp³-hybridized carbons (Fsp3) is 0.143. The minimum atomic E-state index is -2.92. The first-order valence-electron chi connectivity index (χ1n) is 3.27. The summed E-state index contributed by atoms with van der Waals surface area (Å²) in [6, 6.07) is 0.874. The highest BCUT2D eigenvalue weighted by atomic mass is 79.9. The summed E-state index contributed by atoms with van der Waals surface area (Å²) in [6.07, 6.45) is -2.92. The topological polar surface area (TPSA) is 30.0 Å². The Labute approximate surface area is 90.2 Å². The van der Waals surface area contributed by atoms with Crippen molar-refractivity contribution < 1.29 is 18.0 Å². The Hall–Kier alpha value is -0.620. The predicted octanol–water partition coefficient (Wildman–Crippen LogP) is 3.30. The highest BCUT2D eigenvalue weighted by molar-refractivity contribution is 9.10. The van der Waals surface area contributed by atoms with Crippen LogP contribution in [0, 0.1) is 5.95 Å². The van der Waals surface area contributed by atoms with Crippen LogP contribution in [0.3, 0.4) is 0 Å². The van der Waals surface area contributed by atoms with E-state index in [4.69, 9.17) is 11.6 Å². The number of hydrogen-bond acceptors (Lipinski definition) is 2. The van der Waals surface area contributed by atoms with E-state index in [-0.39, 0.29) is 4.47 Å². The zero-order valence-corrected chi connectivity index (χ0v) is 8.74. The number of halogens is 5. The molecule has 0 aliphatic carbocycles. The Kier molecular flexibility index (Phi) is 3.49. The summed E-state index contributed by atoms with van der Waals surface area (Å²) in [4.78, 5) is 13.5. The summed E-state index contributed by atoms with van der Waals surface area (Å²) >= 11 is 7.72. The molecule has 1 heterocycles. The van der Waals surface area contributed by atoms with Crippen LogP contribution in [0.25, 0.3) is 0 Å². The lowest BCUT2D eigenvalue weighted by molar-refractivity contribution is 0.107. The molecule has 1 rings (SSSR count). The molecule has 0 radical (unpaired) electrons. The van der Waals surface area contributed by atoms with Crippen molar-refractivity contribution in [2.24, 2.45) is 0 Å². The second kappa shape index (κ2) is 4.27. The minimum absolute atomic E-state index is 0.155. The number of nitrogens with zero attached hydrogens (tertiary/aromatic N) is 1. The SMILES string of the molecule is O=C(Cl)c1cc(Br)c(C(F)F)nc1F. The highest BCUT2D eigenvalue weighted by Gasteiger charge is 2.19. The monoisotopic (exact) mass is 287 g/mol. The first-order valence-corrected chi connectivity index (χ1v) is 4.44. The molecule has 1 aromatic heterocycles. The molecule has 0 amide bonds. The van der Waals surface area contributed by atoms with Crippen LogP contribution in [0.15, 0.2) is 10.5 Å². The standard InChI is InChI=1S/C7H2BrClF3NO/c8-3-1-2(5(9)14)7(12)13-4(3)6(10)11/h1,6H. The van der Waals surface area contributed by atoms with E-state index in [0.717, 1.165) is 6.07 Å². The van der Waals surface area contributed by atoms with Crippen molar-refractivity contribution in [1.29, 1.82) is 0 Å². The molecule has 0 unspecified atom stereocenters. The lowest BCUT2D eigenvalue weighted by Crippen LogP contribution is -2.02.